The molecule has 0 fully saturated rings. The van der Waals surface area contributed by atoms with E-state index in [1.165, 1.54) is 10.6 Å². The molecule has 2 atom stereocenters. The Morgan fingerprint density at radius 3 is 2.68 bits per heavy atom. The van der Waals surface area contributed by atoms with E-state index < -0.39 is 6.10 Å². The monoisotopic (exact) mass is 342 g/mol. The average molecular weight is 342 g/mol. The molecule has 0 aliphatic rings. The molecule has 0 bridgehead atoms. The molecule has 0 aliphatic carbocycles. The van der Waals surface area contributed by atoms with Gasteiger partial charge in [0.15, 0.2) is 0 Å². The maximum absolute atomic E-state index is 12.1. The van der Waals surface area contributed by atoms with Crippen molar-refractivity contribution in [3.63, 3.8) is 0 Å². The zero-order valence-corrected chi connectivity index (χ0v) is 14.2. The van der Waals surface area contributed by atoms with Gasteiger partial charge in [0.05, 0.1) is 11.8 Å². The molecular weight excluding hydrogens is 320 g/mol. The number of anilines is 1. The van der Waals surface area contributed by atoms with Crippen LogP contribution in [0.2, 0.25) is 0 Å². The summed E-state index contributed by atoms with van der Waals surface area (Å²) in [7, 11) is 0. The second-order valence-corrected chi connectivity index (χ2v) is 6.34. The molecule has 2 unspecified atom stereocenters. The number of aromatic nitrogens is 4. The van der Waals surface area contributed by atoms with E-state index in [0.717, 1.165) is 5.56 Å². The number of hydrogen-bond acceptors (Lipinski definition) is 6. The van der Waals surface area contributed by atoms with E-state index in [1.807, 2.05) is 44.2 Å². The number of benzene rings is 1. The summed E-state index contributed by atoms with van der Waals surface area (Å²) in [6.45, 7) is 4.40. The lowest BCUT2D eigenvalue weighted by Gasteiger charge is -2.27. The van der Waals surface area contributed by atoms with Crippen molar-refractivity contribution in [1.82, 2.24) is 24.9 Å². The third-order valence-corrected chi connectivity index (χ3v) is 4.12. The predicted molar refractivity (Wildman–Crippen MR) is 94.9 cm³/mol. The van der Waals surface area contributed by atoms with Gasteiger partial charge in [-0.3, -0.25) is 9.89 Å². The molecular formula is C17H22N6O2. The van der Waals surface area contributed by atoms with Crippen LogP contribution in [0.3, 0.4) is 0 Å². The summed E-state index contributed by atoms with van der Waals surface area (Å²) in [5.74, 6) is 0.543. The van der Waals surface area contributed by atoms with Crippen LogP contribution in [0.25, 0.3) is 5.78 Å². The number of hydrogen-bond donors (Lipinski definition) is 4. The third-order valence-electron chi connectivity index (χ3n) is 4.12. The number of rotatable bonds is 6. The average Bonchev–Trinajstić information content (AvgIpc) is 2.96. The van der Waals surface area contributed by atoms with E-state index in [2.05, 4.69) is 20.4 Å². The van der Waals surface area contributed by atoms with E-state index in [0.29, 0.717) is 12.2 Å². The maximum Gasteiger partial charge on any atom is 0.274 e. The van der Waals surface area contributed by atoms with Gasteiger partial charge >= 0.3 is 0 Å². The van der Waals surface area contributed by atoms with Gasteiger partial charge in [0.25, 0.3) is 11.3 Å². The fraction of sp³-hybridized carbons (Fsp3) is 0.353. The SMILES string of the molecule is CC(C)C(NCc1cc(=O)n2[nH]c(N)nc2n1)C(O)c1ccccc1. The molecule has 0 saturated heterocycles. The van der Waals surface area contributed by atoms with Crippen LogP contribution in [0.5, 0.6) is 0 Å². The Balaban J connectivity index is 1.79. The highest BCUT2D eigenvalue weighted by molar-refractivity contribution is 5.34. The zero-order valence-electron chi connectivity index (χ0n) is 14.2. The molecule has 2 aromatic heterocycles. The minimum absolute atomic E-state index is 0.134. The predicted octanol–water partition coefficient (Wildman–Crippen LogP) is 0.848. The zero-order chi connectivity index (χ0) is 18.0. The van der Waals surface area contributed by atoms with Crippen LogP contribution in [0, 0.1) is 5.92 Å². The van der Waals surface area contributed by atoms with Crippen molar-refractivity contribution in [3.05, 3.63) is 58.0 Å². The van der Waals surface area contributed by atoms with Crippen LogP contribution in [0.4, 0.5) is 5.95 Å². The summed E-state index contributed by atoms with van der Waals surface area (Å²) in [5.41, 5.74) is 6.67. The number of aliphatic hydroxyl groups is 1. The lowest BCUT2D eigenvalue weighted by atomic mass is 9.93. The number of H-pyrrole nitrogens is 1. The fourth-order valence-electron chi connectivity index (χ4n) is 2.83. The van der Waals surface area contributed by atoms with Gasteiger partial charge in [-0.1, -0.05) is 44.2 Å². The number of nitrogen functional groups attached to an aromatic ring is 1. The number of nitrogens with one attached hydrogen (secondary N) is 2. The number of aliphatic hydroxyl groups excluding tert-OH is 1. The van der Waals surface area contributed by atoms with Gasteiger partial charge in [-0.25, -0.2) is 4.98 Å². The highest BCUT2D eigenvalue weighted by atomic mass is 16.3. The molecule has 8 nitrogen and oxygen atoms in total. The summed E-state index contributed by atoms with van der Waals surface area (Å²) < 4.78 is 1.19. The van der Waals surface area contributed by atoms with Crippen LogP contribution in [0.15, 0.2) is 41.2 Å². The van der Waals surface area contributed by atoms with Crippen molar-refractivity contribution in [1.29, 1.82) is 0 Å². The Morgan fingerprint density at radius 1 is 1.28 bits per heavy atom. The highest BCUT2D eigenvalue weighted by Gasteiger charge is 2.23. The standard InChI is InChI=1S/C17H22N6O2/c1-10(2)14(15(25)11-6-4-3-5-7-11)19-9-12-8-13(24)23-17(20-12)21-16(18)22-23/h3-8,10,14-15,19,25H,9H2,1-2H3,(H3,18,20,21,22). The summed E-state index contributed by atoms with van der Waals surface area (Å²) in [5, 5.41) is 16.6. The van der Waals surface area contributed by atoms with Crippen LogP contribution in [0.1, 0.15) is 31.2 Å². The number of fused-ring (bicyclic) bond motifs is 1. The molecule has 8 heteroatoms. The minimum atomic E-state index is -0.660. The highest BCUT2D eigenvalue weighted by Crippen LogP contribution is 2.22. The Kier molecular flexibility index (Phi) is 4.82. The number of aromatic amines is 1. The van der Waals surface area contributed by atoms with Gasteiger partial charge in [0.2, 0.25) is 5.95 Å². The minimum Gasteiger partial charge on any atom is -0.387 e. The van der Waals surface area contributed by atoms with Crippen LogP contribution in [-0.4, -0.2) is 30.7 Å². The maximum atomic E-state index is 12.1. The van der Waals surface area contributed by atoms with Crippen molar-refractivity contribution in [2.75, 3.05) is 5.73 Å². The largest absolute Gasteiger partial charge is 0.387 e. The van der Waals surface area contributed by atoms with Crippen LogP contribution >= 0.6 is 0 Å². The molecule has 0 radical (unpaired) electrons. The van der Waals surface area contributed by atoms with Gasteiger partial charge in [-0.15, -0.1) is 0 Å². The first-order chi connectivity index (χ1) is 12.0. The molecule has 3 aromatic rings. The molecule has 25 heavy (non-hydrogen) atoms. The molecule has 0 saturated carbocycles. The van der Waals surface area contributed by atoms with E-state index in [4.69, 9.17) is 5.73 Å². The third kappa shape index (κ3) is 3.70. The smallest absolute Gasteiger partial charge is 0.274 e. The second-order valence-electron chi connectivity index (χ2n) is 6.34. The topological polar surface area (TPSA) is 121 Å². The normalized spacial score (nSPS) is 14.1. The Bertz CT molecular complexity index is 902. The van der Waals surface area contributed by atoms with Gasteiger partial charge in [-0.2, -0.15) is 9.50 Å². The lowest BCUT2D eigenvalue weighted by molar-refractivity contribution is 0.104. The quantitative estimate of drug-likeness (QED) is 0.527. The Hall–Kier alpha value is -2.71. The Labute approximate surface area is 144 Å². The van der Waals surface area contributed by atoms with E-state index >= 15 is 0 Å². The first-order valence-electron chi connectivity index (χ1n) is 8.16. The van der Waals surface area contributed by atoms with Gasteiger partial charge in [0, 0.05) is 18.7 Å². The van der Waals surface area contributed by atoms with Crippen molar-refractivity contribution in [2.24, 2.45) is 5.92 Å². The van der Waals surface area contributed by atoms with Crippen molar-refractivity contribution < 1.29 is 5.11 Å². The summed E-state index contributed by atoms with van der Waals surface area (Å²) in [6, 6.07) is 10.7. The van der Waals surface area contributed by atoms with Crippen molar-refractivity contribution in [2.45, 2.75) is 32.5 Å². The van der Waals surface area contributed by atoms with Gasteiger partial charge in [-0.05, 0) is 11.5 Å². The molecule has 1 aromatic carbocycles. The van der Waals surface area contributed by atoms with E-state index in [1.54, 1.807) is 0 Å². The fourth-order valence-corrected chi connectivity index (χ4v) is 2.83. The molecule has 0 amide bonds. The molecule has 0 spiro atoms. The Morgan fingerprint density at radius 2 is 2.00 bits per heavy atom. The first-order valence-corrected chi connectivity index (χ1v) is 8.16. The van der Waals surface area contributed by atoms with Gasteiger partial charge in [0.1, 0.15) is 0 Å². The molecule has 5 N–H and O–H groups in total. The first kappa shape index (κ1) is 17.1. The second kappa shape index (κ2) is 7.04. The van der Waals surface area contributed by atoms with E-state index in [-0.39, 0.29) is 29.2 Å². The van der Waals surface area contributed by atoms with Gasteiger partial charge < -0.3 is 16.2 Å². The summed E-state index contributed by atoms with van der Waals surface area (Å²) in [4.78, 5) is 20.4. The number of nitrogens with two attached hydrogens (primary N) is 1. The van der Waals surface area contributed by atoms with Crippen LogP contribution in [-0.2, 0) is 6.54 Å². The molecule has 2 heterocycles. The van der Waals surface area contributed by atoms with Crippen LogP contribution < -0.4 is 16.6 Å². The molecule has 3 rings (SSSR count). The molecule has 132 valence electrons. The lowest BCUT2D eigenvalue weighted by Crippen LogP contribution is -2.39. The van der Waals surface area contributed by atoms with Crippen molar-refractivity contribution >= 4 is 11.7 Å². The van der Waals surface area contributed by atoms with E-state index in [9.17, 15) is 9.90 Å². The molecule has 0 aliphatic heterocycles. The van der Waals surface area contributed by atoms with Crippen molar-refractivity contribution in [3.8, 4) is 0 Å². The summed E-state index contributed by atoms with van der Waals surface area (Å²) in [6.07, 6.45) is -0.660. The summed E-state index contributed by atoms with van der Waals surface area (Å²) >= 11 is 0. The number of nitrogens with zero attached hydrogens (tertiary/aromatic N) is 3.